The van der Waals surface area contributed by atoms with Gasteiger partial charge in [0.1, 0.15) is 5.65 Å². The monoisotopic (exact) mass is 633 g/mol. The molecular formula is C47H27N3. The normalized spacial score (nSPS) is 12.4. The van der Waals surface area contributed by atoms with Gasteiger partial charge in [0, 0.05) is 61.0 Å². The molecule has 0 spiro atoms. The third-order valence-corrected chi connectivity index (χ3v) is 11.0. The minimum atomic E-state index is 0.966. The molecule has 7 aromatic carbocycles. The summed E-state index contributed by atoms with van der Waals surface area (Å²) in [5.41, 5.74) is 6.71. The van der Waals surface area contributed by atoms with Gasteiger partial charge in [-0.15, -0.1) is 0 Å². The number of hydrogen-bond acceptors (Lipinski definition) is 1. The van der Waals surface area contributed by atoms with Crippen molar-refractivity contribution < 1.29 is 0 Å². The van der Waals surface area contributed by atoms with Gasteiger partial charge in [-0.05, 0) is 80.8 Å². The first kappa shape index (κ1) is 26.3. The molecule has 0 N–H and O–H groups in total. The van der Waals surface area contributed by atoms with Crippen LogP contribution in [0.2, 0.25) is 0 Å². The molecule has 0 bridgehead atoms. The van der Waals surface area contributed by atoms with E-state index in [1.807, 2.05) is 0 Å². The summed E-state index contributed by atoms with van der Waals surface area (Å²) in [5, 5.41) is 17.4. The zero-order valence-corrected chi connectivity index (χ0v) is 26.9. The molecular weight excluding hydrogens is 607 g/mol. The summed E-state index contributed by atoms with van der Waals surface area (Å²) in [6, 6.07) is 55.5. The summed E-state index contributed by atoms with van der Waals surface area (Å²) in [5.74, 6) is 0. The van der Waals surface area contributed by atoms with Crippen molar-refractivity contribution in [2.45, 2.75) is 0 Å². The van der Waals surface area contributed by atoms with Crippen molar-refractivity contribution in [1.29, 1.82) is 0 Å². The molecule has 50 heavy (non-hydrogen) atoms. The molecule has 0 atom stereocenters. The van der Waals surface area contributed by atoms with Crippen molar-refractivity contribution in [3.8, 4) is 11.3 Å². The Morgan fingerprint density at radius 2 is 0.880 bits per heavy atom. The van der Waals surface area contributed by atoms with E-state index in [0.29, 0.717) is 0 Å². The van der Waals surface area contributed by atoms with Gasteiger partial charge in [-0.2, -0.15) is 0 Å². The molecule has 0 aliphatic carbocycles. The minimum absolute atomic E-state index is 0.966. The quantitative estimate of drug-likeness (QED) is 0.130. The Labute approximate surface area is 285 Å². The molecule has 230 valence electrons. The van der Waals surface area contributed by atoms with Crippen LogP contribution in [0.4, 0.5) is 0 Å². The van der Waals surface area contributed by atoms with Gasteiger partial charge in [-0.1, -0.05) is 103 Å². The predicted molar refractivity (Wildman–Crippen MR) is 212 cm³/mol. The smallest absolute Gasteiger partial charge is 0.145 e. The fraction of sp³-hybridized carbons (Fsp3) is 0. The van der Waals surface area contributed by atoms with E-state index in [-0.39, 0.29) is 0 Å². The number of benzene rings is 7. The van der Waals surface area contributed by atoms with E-state index < -0.39 is 0 Å². The Morgan fingerprint density at radius 3 is 1.60 bits per heavy atom. The fourth-order valence-corrected chi connectivity index (χ4v) is 8.66. The molecule has 5 aromatic heterocycles. The van der Waals surface area contributed by atoms with Crippen LogP contribution in [-0.4, -0.2) is 13.8 Å². The predicted octanol–water partition coefficient (Wildman–Crippen LogP) is 12.5. The molecule has 0 fully saturated rings. The van der Waals surface area contributed by atoms with Crippen LogP contribution in [0.1, 0.15) is 0 Å². The van der Waals surface area contributed by atoms with E-state index >= 15 is 0 Å². The van der Waals surface area contributed by atoms with Gasteiger partial charge in [0.05, 0.1) is 22.2 Å². The Morgan fingerprint density at radius 1 is 0.340 bits per heavy atom. The van der Waals surface area contributed by atoms with Gasteiger partial charge in [0.15, 0.2) is 0 Å². The summed E-state index contributed by atoms with van der Waals surface area (Å²) in [7, 11) is 0. The van der Waals surface area contributed by atoms with Crippen LogP contribution in [-0.2, 0) is 0 Å². The van der Waals surface area contributed by atoms with Crippen molar-refractivity contribution in [3.05, 3.63) is 164 Å². The third-order valence-electron chi connectivity index (χ3n) is 11.0. The Bertz CT molecular complexity index is 3440. The highest BCUT2D eigenvalue weighted by Gasteiger charge is 2.17. The lowest BCUT2D eigenvalue weighted by molar-refractivity contribution is 1.22. The maximum absolute atomic E-state index is 5.48. The summed E-state index contributed by atoms with van der Waals surface area (Å²) in [6.07, 6.45) is 4.55. The summed E-state index contributed by atoms with van der Waals surface area (Å²) in [4.78, 5) is 5.48. The van der Waals surface area contributed by atoms with Gasteiger partial charge in [0.25, 0.3) is 0 Å². The Balaban J connectivity index is 1.17. The fourth-order valence-electron chi connectivity index (χ4n) is 8.66. The zero-order valence-electron chi connectivity index (χ0n) is 26.9. The first-order chi connectivity index (χ1) is 24.8. The molecule has 0 saturated carbocycles. The van der Waals surface area contributed by atoms with Crippen molar-refractivity contribution in [2.24, 2.45) is 0 Å². The summed E-state index contributed by atoms with van der Waals surface area (Å²) < 4.78 is 4.71. The maximum atomic E-state index is 5.48. The SMILES string of the molecule is c1ccc2cc3c(cc2c1)c1ccccc1n1cc2ccc(-c4ccc5c6cc7ccccc7cc6c6c7ccccc7cn6c5n4)cc2c31. The summed E-state index contributed by atoms with van der Waals surface area (Å²) >= 11 is 0. The van der Waals surface area contributed by atoms with Gasteiger partial charge in [-0.25, -0.2) is 4.98 Å². The number of fused-ring (bicyclic) bond motifs is 18. The standard InChI is InChI=1S/C47H27N3/c1-3-11-30-23-41-39(21-28(30)9-1)36-15-7-8-16-44(36)49-26-34-18-17-32(25-38(34)46(41)49)43-20-19-37-40-22-29-10-2-4-12-31(29)24-42(40)45-35-14-6-5-13-33(35)27-50(45)47(37)48-43/h1-27H. The van der Waals surface area contributed by atoms with E-state index in [9.17, 15) is 0 Å². The lowest BCUT2D eigenvalue weighted by atomic mass is 9.98. The highest BCUT2D eigenvalue weighted by molar-refractivity contribution is 6.24. The molecule has 0 saturated heterocycles. The van der Waals surface area contributed by atoms with E-state index in [1.54, 1.807) is 0 Å². The van der Waals surface area contributed by atoms with Crippen molar-refractivity contribution in [3.63, 3.8) is 0 Å². The average Bonchev–Trinajstić information content (AvgIpc) is 3.76. The molecule has 0 aliphatic rings. The van der Waals surface area contributed by atoms with E-state index in [4.69, 9.17) is 4.98 Å². The van der Waals surface area contributed by atoms with Gasteiger partial charge >= 0.3 is 0 Å². The van der Waals surface area contributed by atoms with E-state index in [1.165, 1.54) is 86.6 Å². The van der Waals surface area contributed by atoms with Gasteiger partial charge < -0.3 is 4.40 Å². The number of pyridine rings is 3. The molecule has 0 unspecified atom stereocenters. The van der Waals surface area contributed by atoms with Gasteiger partial charge in [0.2, 0.25) is 0 Å². The first-order valence-corrected chi connectivity index (χ1v) is 17.2. The lowest BCUT2D eigenvalue weighted by Crippen LogP contribution is -1.95. The van der Waals surface area contributed by atoms with Crippen LogP contribution in [0.5, 0.6) is 0 Å². The number of rotatable bonds is 1. The van der Waals surface area contributed by atoms with Crippen LogP contribution in [0, 0.1) is 0 Å². The third kappa shape index (κ3) is 3.45. The largest absolute Gasteiger partial charge is 0.315 e. The molecule has 0 radical (unpaired) electrons. The topological polar surface area (TPSA) is 21.7 Å². The Kier molecular flexibility index (Phi) is 4.97. The van der Waals surface area contributed by atoms with E-state index in [2.05, 4.69) is 173 Å². The van der Waals surface area contributed by atoms with Crippen LogP contribution in [0.15, 0.2) is 164 Å². The average molecular weight is 634 g/mol. The van der Waals surface area contributed by atoms with E-state index in [0.717, 1.165) is 22.3 Å². The lowest BCUT2D eigenvalue weighted by Gasteiger charge is -2.12. The van der Waals surface area contributed by atoms with Crippen molar-refractivity contribution >= 4 is 97.6 Å². The Hall–Kier alpha value is -6.71. The van der Waals surface area contributed by atoms with Crippen LogP contribution >= 0.6 is 0 Å². The molecule has 5 heterocycles. The highest BCUT2D eigenvalue weighted by atomic mass is 15.0. The summed E-state index contributed by atoms with van der Waals surface area (Å²) in [6.45, 7) is 0. The zero-order chi connectivity index (χ0) is 32.5. The van der Waals surface area contributed by atoms with Crippen LogP contribution < -0.4 is 0 Å². The maximum Gasteiger partial charge on any atom is 0.145 e. The second kappa shape index (κ2) is 9.46. The number of nitrogens with zero attached hydrogens (tertiary/aromatic N) is 3. The molecule has 3 heteroatoms. The van der Waals surface area contributed by atoms with Crippen LogP contribution in [0.25, 0.3) is 109 Å². The van der Waals surface area contributed by atoms with Crippen molar-refractivity contribution in [2.75, 3.05) is 0 Å². The minimum Gasteiger partial charge on any atom is -0.315 e. The number of aromatic nitrogens is 3. The molecule has 0 aliphatic heterocycles. The molecule has 12 rings (SSSR count). The van der Waals surface area contributed by atoms with Crippen molar-refractivity contribution in [1.82, 2.24) is 13.8 Å². The highest BCUT2D eigenvalue weighted by Crippen LogP contribution is 2.40. The molecule has 3 nitrogen and oxygen atoms in total. The first-order valence-electron chi connectivity index (χ1n) is 17.2. The van der Waals surface area contributed by atoms with Gasteiger partial charge in [-0.3, -0.25) is 4.40 Å². The van der Waals surface area contributed by atoms with Crippen LogP contribution in [0.3, 0.4) is 0 Å². The second-order valence-electron chi connectivity index (χ2n) is 13.7. The number of hydrogen-bond donors (Lipinski definition) is 0. The molecule has 0 amide bonds. The molecule has 12 aromatic rings. The second-order valence-corrected chi connectivity index (χ2v) is 13.7. The number of para-hydroxylation sites is 1.